The van der Waals surface area contributed by atoms with E-state index in [9.17, 15) is 9.59 Å². The van der Waals surface area contributed by atoms with Crippen LogP contribution in [0.15, 0.2) is 48.7 Å². The van der Waals surface area contributed by atoms with Crippen molar-refractivity contribution in [2.75, 3.05) is 0 Å². The molecule has 0 aliphatic heterocycles. The molecular weight excluding hydrogens is 336 g/mol. The van der Waals surface area contributed by atoms with E-state index in [2.05, 4.69) is 4.98 Å². The van der Waals surface area contributed by atoms with Gasteiger partial charge in [-0.05, 0) is 41.5 Å². The first-order valence-corrected chi connectivity index (χ1v) is 7.97. The van der Waals surface area contributed by atoms with Crippen LogP contribution in [0.3, 0.4) is 0 Å². The maximum atomic E-state index is 11.0. The lowest BCUT2D eigenvalue weighted by atomic mass is 10.1. The number of aromatic nitrogens is 1. The van der Waals surface area contributed by atoms with Crippen LogP contribution in [-0.4, -0.2) is 33.2 Å². The van der Waals surface area contributed by atoms with Crippen molar-refractivity contribution < 1.29 is 24.5 Å². The number of nitrogens with two attached hydrogens (primary N) is 1. The average molecular weight is 354 g/mol. The van der Waals surface area contributed by atoms with Gasteiger partial charge in [0.05, 0.1) is 5.56 Å². The van der Waals surface area contributed by atoms with Crippen LogP contribution >= 0.6 is 0 Å². The van der Waals surface area contributed by atoms with Gasteiger partial charge in [0.2, 0.25) is 0 Å². The summed E-state index contributed by atoms with van der Waals surface area (Å²) < 4.78 is 5.76. The molecule has 0 aliphatic rings. The van der Waals surface area contributed by atoms with E-state index in [4.69, 9.17) is 20.7 Å². The molecule has 0 spiro atoms. The Balaban J connectivity index is 1.77. The number of H-pyrrole nitrogens is 1. The molecule has 0 unspecified atom stereocenters. The van der Waals surface area contributed by atoms with Gasteiger partial charge in [-0.25, -0.2) is 4.79 Å². The summed E-state index contributed by atoms with van der Waals surface area (Å²) in [6, 6.07) is 11.0. The number of aromatic amines is 1. The van der Waals surface area contributed by atoms with Gasteiger partial charge in [-0.15, -0.1) is 0 Å². The van der Waals surface area contributed by atoms with Gasteiger partial charge in [0.25, 0.3) is 0 Å². The van der Waals surface area contributed by atoms with Gasteiger partial charge in [-0.2, -0.15) is 0 Å². The summed E-state index contributed by atoms with van der Waals surface area (Å²) in [5, 5.41) is 18.9. The number of aromatic carboxylic acids is 1. The fraction of sp³-hybridized carbons (Fsp3) is 0.158. The summed E-state index contributed by atoms with van der Waals surface area (Å²) >= 11 is 0. The predicted molar refractivity (Wildman–Crippen MR) is 95.3 cm³/mol. The zero-order valence-electron chi connectivity index (χ0n) is 13.8. The molecule has 1 atom stereocenters. The van der Waals surface area contributed by atoms with Gasteiger partial charge in [-0.1, -0.05) is 12.1 Å². The van der Waals surface area contributed by atoms with E-state index >= 15 is 0 Å². The number of hydrogen-bond acceptors (Lipinski definition) is 4. The summed E-state index contributed by atoms with van der Waals surface area (Å²) in [4.78, 5) is 25.1. The number of fused-ring (bicyclic) bond motifs is 1. The van der Waals surface area contributed by atoms with Crippen LogP contribution in [0, 0.1) is 0 Å². The molecule has 26 heavy (non-hydrogen) atoms. The second-order valence-corrected chi connectivity index (χ2v) is 5.96. The van der Waals surface area contributed by atoms with Crippen LogP contribution in [0.4, 0.5) is 0 Å². The minimum atomic E-state index is -1.05. The summed E-state index contributed by atoms with van der Waals surface area (Å²) in [5.74, 6) is -1.44. The van der Waals surface area contributed by atoms with Gasteiger partial charge in [0.1, 0.15) is 18.4 Å². The van der Waals surface area contributed by atoms with Gasteiger partial charge < -0.3 is 25.7 Å². The number of ether oxygens (including phenoxy) is 1. The molecule has 0 radical (unpaired) electrons. The molecule has 0 saturated heterocycles. The lowest BCUT2D eigenvalue weighted by Gasteiger charge is -2.08. The summed E-state index contributed by atoms with van der Waals surface area (Å²) in [6.07, 6.45) is 1.95. The molecule has 0 aliphatic carbocycles. The van der Waals surface area contributed by atoms with Crippen molar-refractivity contribution in [2.24, 2.45) is 5.73 Å². The number of carbonyl (C=O) groups is 2. The Labute approximate surface area is 149 Å². The number of aliphatic carboxylic acids is 1. The minimum absolute atomic E-state index is 0.206. The number of benzene rings is 2. The molecule has 0 amide bonds. The fourth-order valence-corrected chi connectivity index (χ4v) is 2.70. The molecular formula is C19H18N2O5. The summed E-state index contributed by atoms with van der Waals surface area (Å²) in [6.45, 7) is 0.223. The normalized spacial score (nSPS) is 12.0. The topological polar surface area (TPSA) is 126 Å². The smallest absolute Gasteiger partial charge is 0.335 e. The molecule has 1 heterocycles. The van der Waals surface area contributed by atoms with Crippen LogP contribution in [0.25, 0.3) is 10.9 Å². The Bertz CT molecular complexity index is 963. The third-order valence-corrected chi connectivity index (χ3v) is 4.08. The van der Waals surface area contributed by atoms with Gasteiger partial charge in [0, 0.05) is 23.5 Å². The molecule has 0 bridgehead atoms. The van der Waals surface area contributed by atoms with E-state index in [1.165, 1.54) is 6.07 Å². The zero-order valence-corrected chi connectivity index (χ0v) is 13.8. The highest BCUT2D eigenvalue weighted by atomic mass is 16.5. The van der Waals surface area contributed by atoms with Crippen molar-refractivity contribution in [3.63, 3.8) is 0 Å². The highest BCUT2D eigenvalue weighted by molar-refractivity contribution is 5.87. The van der Waals surface area contributed by atoms with E-state index in [-0.39, 0.29) is 18.6 Å². The molecule has 5 N–H and O–H groups in total. The molecule has 3 rings (SSSR count). The molecule has 2 aromatic carbocycles. The van der Waals surface area contributed by atoms with Crippen LogP contribution in [0.5, 0.6) is 5.75 Å². The van der Waals surface area contributed by atoms with Crippen molar-refractivity contribution >= 4 is 22.8 Å². The Kier molecular flexibility index (Phi) is 4.90. The third-order valence-electron chi connectivity index (χ3n) is 4.08. The maximum absolute atomic E-state index is 11.0. The Morgan fingerprint density at radius 1 is 1.15 bits per heavy atom. The molecule has 0 fully saturated rings. The monoisotopic (exact) mass is 354 g/mol. The number of rotatable bonds is 7. The van der Waals surface area contributed by atoms with Crippen LogP contribution in [-0.2, 0) is 17.8 Å². The first kappa shape index (κ1) is 17.5. The van der Waals surface area contributed by atoms with Gasteiger partial charge >= 0.3 is 11.9 Å². The van der Waals surface area contributed by atoms with Gasteiger partial charge in [-0.3, -0.25) is 4.79 Å². The van der Waals surface area contributed by atoms with Crippen molar-refractivity contribution in [3.05, 3.63) is 65.4 Å². The van der Waals surface area contributed by atoms with Crippen LogP contribution < -0.4 is 10.5 Å². The number of carboxylic acid groups (broad SMARTS) is 2. The summed E-state index contributed by atoms with van der Waals surface area (Å²) in [7, 11) is 0. The lowest BCUT2D eigenvalue weighted by molar-refractivity contribution is -0.138. The quantitative estimate of drug-likeness (QED) is 0.516. The largest absolute Gasteiger partial charge is 0.489 e. The highest BCUT2D eigenvalue weighted by Gasteiger charge is 2.15. The molecule has 7 heteroatoms. The zero-order chi connectivity index (χ0) is 18.7. The molecule has 134 valence electrons. The van der Waals surface area contributed by atoms with Crippen molar-refractivity contribution in [2.45, 2.75) is 19.1 Å². The molecule has 7 nitrogen and oxygen atoms in total. The van der Waals surface area contributed by atoms with Crippen molar-refractivity contribution in [1.82, 2.24) is 4.98 Å². The predicted octanol–water partition coefficient (Wildman–Crippen LogP) is 2.40. The Morgan fingerprint density at radius 2 is 1.96 bits per heavy atom. The van der Waals surface area contributed by atoms with E-state index in [1.54, 1.807) is 30.5 Å². The second kappa shape index (κ2) is 7.28. The standard InChI is InChI=1S/C19H18N2O5/c20-16(19(24)25)7-13-9-21-17-5-4-14(8-15(13)17)26-10-11-2-1-3-12(6-11)18(22)23/h1-6,8-9,16,21H,7,10,20H2,(H,22,23)(H,24,25)/t16-/m1/s1. The van der Waals surface area contributed by atoms with Gasteiger partial charge in [0.15, 0.2) is 0 Å². The lowest BCUT2D eigenvalue weighted by Crippen LogP contribution is -2.32. The van der Waals surface area contributed by atoms with E-state index in [1.807, 2.05) is 12.1 Å². The Morgan fingerprint density at radius 3 is 2.69 bits per heavy atom. The third kappa shape index (κ3) is 3.84. The number of nitrogens with one attached hydrogen (secondary N) is 1. The number of carboxylic acids is 2. The molecule has 1 aromatic heterocycles. The maximum Gasteiger partial charge on any atom is 0.335 e. The first-order chi connectivity index (χ1) is 12.4. The molecule has 0 saturated carbocycles. The molecule has 3 aromatic rings. The number of hydrogen-bond donors (Lipinski definition) is 4. The van der Waals surface area contributed by atoms with E-state index in [0.717, 1.165) is 22.0 Å². The summed E-state index contributed by atoms with van der Waals surface area (Å²) in [5.41, 5.74) is 8.22. The van der Waals surface area contributed by atoms with E-state index in [0.29, 0.717) is 5.75 Å². The van der Waals surface area contributed by atoms with Crippen LogP contribution in [0.2, 0.25) is 0 Å². The fourth-order valence-electron chi connectivity index (χ4n) is 2.70. The van der Waals surface area contributed by atoms with Crippen molar-refractivity contribution in [3.8, 4) is 5.75 Å². The first-order valence-electron chi connectivity index (χ1n) is 7.97. The second-order valence-electron chi connectivity index (χ2n) is 5.96. The minimum Gasteiger partial charge on any atom is -0.489 e. The Hall–Kier alpha value is -3.32. The van der Waals surface area contributed by atoms with Crippen molar-refractivity contribution in [1.29, 1.82) is 0 Å². The van der Waals surface area contributed by atoms with E-state index < -0.39 is 18.0 Å². The highest BCUT2D eigenvalue weighted by Crippen LogP contribution is 2.25. The van der Waals surface area contributed by atoms with Crippen LogP contribution in [0.1, 0.15) is 21.5 Å². The average Bonchev–Trinajstić information content (AvgIpc) is 3.02. The SMILES string of the molecule is N[C@H](Cc1c[nH]c2ccc(OCc3cccc(C(=O)O)c3)cc12)C(=O)O.